The number of ether oxygens (including phenoxy) is 4. The molecule has 0 fully saturated rings. The molecule has 13 heteroatoms. The molecule has 0 bridgehead atoms. The van der Waals surface area contributed by atoms with Gasteiger partial charge in [-0.15, -0.1) is 4.90 Å². The number of hydrogen-bond donors (Lipinski definition) is 1. The normalized spacial score (nSPS) is 12.6. The Morgan fingerprint density at radius 1 is 1.02 bits per heavy atom. The topological polar surface area (TPSA) is 142 Å². The third-order valence-corrected chi connectivity index (χ3v) is 5.93. The first-order valence-electron chi connectivity index (χ1n) is 13.5. The van der Waals surface area contributed by atoms with Gasteiger partial charge in [-0.05, 0) is 53.7 Å². The number of anilines is 2. The highest BCUT2D eigenvalue weighted by atomic mass is 19.1. The van der Waals surface area contributed by atoms with Crippen molar-refractivity contribution in [1.82, 2.24) is 15.0 Å². The van der Waals surface area contributed by atoms with Gasteiger partial charge in [-0.2, -0.15) is 0 Å². The molecule has 2 amide bonds. The van der Waals surface area contributed by atoms with E-state index in [0.717, 1.165) is 5.56 Å². The maximum atomic E-state index is 14.9. The summed E-state index contributed by atoms with van der Waals surface area (Å²) in [6, 6.07) is 6.07. The van der Waals surface area contributed by atoms with Crippen LogP contribution in [0, 0.1) is 5.82 Å². The molecule has 0 saturated heterocycles. The molecule has 4 rings (SSSR count). The molecule has 0 saturated carbocycles. The number of fused-ring (bicyclic) bond motifs is 1. The molecule has 0 unspecified atom stereocenters. The average Bonchev–Trinajstić information content (AvgIpc) is 3.40. The number of carbonyl (C=O) groups excluding carboxylic acids is 3. The van der Waals surface area contributed by atoms with Crippen LogP contribution in [0.25, 0.3) is 11.3 Å². The van der Waals surface area contributed by atoms with E-state index in [0.29, 0.717) is 40.8 Å². The predicted molar refractivity (Wildman–Crippen MR) is 154 cm³/mol. The van der Waals surface area contributed by atoms with Crippen molar-refractivity contribution in [3.8, 4) is 17.0 Å². The highest BCUT2D eigenvalue weighted by Crippen LogP contribution is 2.39. The number of pyridine rings is 1. The molecule has 0 aliphatic carbocycles. The summed E-state index contributed by atoms with van der Waals surface area (Å²) < 4.78 is 36.3. The monoisotopic (exact) mass is 595 g/mol. The minimum Gasteiger partial charge on any atom is -0.492 e. The molecule has 0 atom stereocenters. The van der Waals surface area contributed by atoms with Crippen LogP contribution in [0.3, 0.4) is 0 Å². The van der Waals surface area contributed by atoms with Gasteiger partial charge in [-0.1, -0.05) is 12.1 Å². The number of amides is 2. The van der Waals surface area contributed by atoms with Gasteiger partial charge in [0.2, 0.25) is 5.95 Å². The van der Waals surface area contributed by atoms with Crippen molar-refractivity contribution < 1.29 is 37.7 Å². The number of imide groups is 1. The first kappa shape index (κ1) is 31.1. The van der Waals surface area contributed by atoms with Crippen LogP contribution in [0.1, 0.15) is 63.0 Å². The maximum absolute atomic E-state index is 14.9. The van der Waals surface area contributed by atoms with E-state index in [1.165, 1.54) is 25.6 Å². The van der Waals surface area contributed by atoms with Crippen molar-refractivity contribution in [2.45, 2.75) is 65.7 Å². The van der Waals surface area contributed by atoms with Crippen molar-refractivity contribution in [2.24, 2.45) is 0 Å². The van der Waals surface area contributed by atoms with Gasteiger partial charge < -0.3 is 24.3 Å². The van der Waals surface area contributed by atoms with E-state index in [1.807, 2.05) is 0 Å². The minimum atomic E-state index is -0.999. The van der Waals surface area contributed by atoms with Crippen LogP contribution < -0.4 is 15.0 Å². The number of nitrogens with one attached hydrogen (secondary N) is 1. The highest BCUT2D eigenvalue weighted by Gasteiger charge is 2.35. The van der Waals surface area contributed by atoms with E-state index < -0.39 is 35.2 Å². The fourth-order valence-electron chi connectivity index (χ4n) is 4.14. The lowest BCUT2D eigenvalue weighted by Crippen LogP contribution is -2.44. The quantitative estimate of drug-likeness (QED) is 0.277. The molecular formula is C30H34FN5O7. The average molecular weight is 596 g/mol. The standard InChI is InChI=1S/C30H34FN5O7/c1-29(2,3)42-27(38)36(28(39)43-30(4,5)6)26-32-13-11-21(35-26)20-16-34-24(19-12-14-41-23(19)20)33-15-17-9-8-10-18(22(17)31)25(37)40-7/h8-11,13,16H,12,14-15H2,1-7H3,(H,33,34). The van der Waals surface area contributed by atoms with Gasteiger partial charge in [-0.3, -0.25) is 0 Å². The van der Waals surface area contributed by atoms with Crippen LogP contribution in [-0.4, -0.2) is 58.0 Å². The summed E-state index contributed by atoms with van der Waals surface area (Å²) in [7, 11) is 1.19. The molecule has 1 aliphatic heterocycles. The van der Waals surface area contributed by atoms with Gasteiger partial charge in [0.25, 0.3) is 0 Å². The summed E-state index contributed by atoms with van der Waals surface area (Å²) in [6.07, 6.45) is 1.43. The number of esters is 1. The summed E-state index contributed by atoms with van der Waals surface area (Å²) in [5.74, 6) is -0.739. The number of methoxy groups -OCH3 is 1. The molecule has 1 N–H and O–H groups in total. The van der Waals surface area contributed by atoms with Crippen molar-refractivity contribution >= 4 is 29.9 Å². The minimum absolute atomic E-state index is 0.0495. The van der Waals surface area contributed by atoms with E-state index >= 15 is 0 Å². The van der Waals surface area contributed by atoms with E-state index in [1.54, 1.807) is 59.7 Å². The second-order valence-electron chi connectivity index (χ2n) is 11.6. The first-order valence-corrected chi connectivity index (χ1v) is 13.5. The van der Waals surface area contributed by atoms with Gasteiger partial charge in [0.05, 0.1) is 30.5 Å². The van der Waals surface area contributed by atoms with Crippen molar-refractivity contribution in [3.63, 3.8) is 0 Å². The Kier molecular flexibility index (Phi) is 8.83. The number of hydrogen-bond acceptors (Lipinski definition) is 11. The molecule has 2 aromatic heterocycles. The Labute approximate surface area is 248 Å². The van der Waals surface area contributed by atoms with E-state index in [9.17, 15) is 18.8 Å². The van der Waals surface area contributed by atoms with Crippen LogP contribution in [-0.2, 0) is 27.2 Å². The molecule has 3 aromatic rings. The van der Waals surface area contributed by atoms with Crippen LogP contribution in [0.15, 0.2) is 36.7 Å². The van der Waals surface area contributed by atoms with Gasteiger partial charge in [0.15, 0.2) is 0 Å². The summed E-state index contributed by atoms with van der Waals surface area (Å²) in [4.78, 5) is 51.8. The number of rotatable bonds is 6. The van der Waals surface area contributed by atoms with Crippen LogP contribution in [0.2, 0.25) is 0 Å². The van der Waals surface area contributed by atoms with Crippen LogP contribution in [0.4, 0.5) is 25.7 Å². The van der Waals surface area contributed by atoms with Gasteiger partial charge in [0.1, 0.15) is 28.6 Å². The molecule has 3 heterocycles. The highest BCUT2D eigenvalue weighted by molar-refractivity contribution is 6.08. The SMILES string of the molecule is COC(=O)c1cccc(CNc2ncc(-c3ccnc(N(C(=O)OC(C)(C)C)C(=O)OC(C)(C)C)n3)c3c2CCO3)c1F. The zero-order valence-corrected chi connectivity index (χ0v) is 25.1. The second-order valence-corrected chi connectivity index (χ2v) is 11.6. The third kappa shape index (κ3) is 7.34. The van der Waals surface area contributed by atoms with E-state index in [4.69, 9.17) is 14.2 Å². The molecule has 0 radical (unpaired) electrons. The second kappa shape index (κ2) is 12.2. The lowest BCUT2D eigenvalue weighted by atomic mass is 10.1. The predicted octanol–water partition coefficient (Wildman–Crippen LogP) is 5.69. The molecule has 43 heavy (non-hydrogen) atoms. The zero-order chi connectivity index (χ0) is 31.5. The van der Waals surface area contributed by atoms with Crippen molar-refractivity contribution in [3.05, 3.63) is 59.2 Å². The number of halogens is 1. The lowest BCUT2D eigenvalue weighted by Gasteiger charge is -2.27. The fourth-order valence-corrected chi connectivity index (χ4v) is 4.14. The van der Waals surface area contributed by atoms with E-state index in [-0.39, 0.29) is 23.6 Å². The Morgan fingerprint density at radius 2 is 1.70 bits per heavy atom. The summed E-state index contributed by atoms with van der Waals surface area (Å²) in [6.45, 7) is 10.4. The largest absolute Gasteiger partial charge is 0.492 e. The van der Waals surface area contributed by atoms with Gasteiger partial charge in [-0.25, -0.2) is 33.7 Å². The zero-order valence-electron chi connectivity index (χ0n) is 25.1. The van der Waals surface area contributed by atoms with Crippen LogP contribution >= 0.6 is 0 Å². The number of nitrogens with zero attached hydrogens (tertiary/aromatic N) is 4. The molecule has 1 aliphatic rings. The summed E-state index contributed by atoms with van der Waals surface area (Å²) >= 11 is 0. The Hall–Kier alpha value is -4.81. The van der Waals surface area contributed by atoms with Crippen LogP contribution in [0.5, 0.6) is 5.75 Å². The molecule has 12 nitrogen and oxygen atoms in total. The summed E-state index contributed by atoms with van der Waals surface area (Å²) in [5.41, 5.74) is -0.153. The van der Waals surface area contributed by atoms with Gasteiger partial charge >= 0.3 is 18.2 Å². The Bertz CT molecular complexity index is 1520. The number of benzene rings is 1. The van der Waals surface area contributed by atoms with Gasteiger partial charge in [0, 0.05) is 36.5 Å². The smallest absolute Gasteiger partial charge is 0.427 e. The summed E-state index contributed by atoms with van der Waals surface area (Å²) in [5, 5.41) is 3.12. The maximum Gasteiger partial charge on any atom is 0.427 e. The van der Waals surface area contributed by atoms with Crippen molar-refractivity contribution in [2.75, 3.05) is 23.9 Å². The number of aromatic nitrogens is 3. The molecule has 1 aromatic carbocycles. The van der Waals surface area contributed by atoms with Crippen molar-refractivity contribution in [1.29, 1.82) is 0 Å². The first-order chi connectivity index (χ1) is 20.2. The third-order valence-electron chi connectivity index (χ3n) is 5.93. The number of carbonyl (C=O) groups is 3. The molecular weight excluding hydrogens is 561 g/mol. The molecule has 0 spiro atoms. The molecule has 228 valence electrons. The Morgan fingerprint density at radius 3 is 2.33 bits per heavy atom. The fraction of sp³-hybridized carbons (Fsp3) is 0.400. The lowest BCUT2D eigenvalue weighted by molar-refractivity contribution is 0.0426. The van der Waals surface area contributed by atoms with E-state index in [2.05, 4.69) is 25.0 Å². The Balaban J connectivity index is 1.65.